The summed E-state index contributed by atoms with van der Waals surface area (Å²) in [5, 5.41) is 2.67. The number of carbonyl (C=O) groups is 2. The predicted octanol–water partition coefficient (Wildman–Crippen LogP) is 3.87. The summed E-state index contributed by atoms with van der Waals surface area (Å²) in [5.41, 5.74) is 0.595. The molecule has 0 atom stereocenters. The number of benzene rings is 1. The highest BCUT2D eigenvalue weighted by molar-refractivity contribution is 8.22. The van der Waals surface area contributed by atoms with Crippen LogP contribution in [0.4, 0.5) is 5.69 Å². The van der Waals surface area contributed by atoms with E-state index in [4.69, 9.17) is 17.0 Å². The molecule has 1 rings (SSSR count). The first-order valence-electron chi connectivity index (χ1n) is 9.21. The fraction of sp³-hybridized carbons (Fsp3) is 0.450. The van der Waals surface area contributed by atoms with Crippen molar-refractivity contribution in [2.45, 2.75) is 26.7 Å². The molecule has 0 aliphatic carbocycles. The molecular weight excluding hydrogens is 396 g/mol. The van der Waals surface area contributed by atoms with Crippen LogP contribution in [0.25, 0.3) is 0 Å². The second-order valence-electron chi connectivity index (χ2n) is 5.72. The Bertz CT molecular complexity index is 676. The molecule has 0 radical (unpaired) electrons. The lowest BCUT2D eigenvalue weighted by atomic mass is 10.3. The summed E-state index contributed by atoms with van der Waals surface area (Å²) in [6.45, 7) is 6.69. The minimum atomic E-state index is -0.580. The molecule has 0 spiro atoms. The molecule has 0 aliphatic heterocycles. The molecule has 0 heterocycles. The highest BCUT2D eigenvalue weighted by atomic mass is 32.2. The third-order valence-corrected chi connectivity index (χ3v) is 5.34. The van der Waals surface area contributed by atoms with Gasteiger partial charge in [-0.2, -0.15) is 0 Å². The maximum atomic E-state index is 11.8. The molecule has 0 fully saturated rings. The maximum absolute atomic E-state index is 11.8. The fourth-order valence-electron chi connectivity index (χ4n) is 2.19. The quantitative estimate of drug-likeness (QED) is 0.250. The third-order valence-electron chi connectivity index (χ3n) is 3.73. The number of hydrogen-bond acceptors (Lipinski definition) is 6. The van der Waals surface area contributed by atoms with Gasteiger partial charge in [0.15, 0.2) is 0 Å². The standard InChI is InChI=1S/C20H28N2O4S2/c1-4-22(5-2)20(27)28-14-7-6-13-26-17-10-8-9-16(15-17)21-18(23)11-12-19(24)25-3/h8-12,15H,4-7,13-14H2,1-3H3,(H,21,23)/b12-11+. The Balaban J connectivity index is 2.32. The van der Waals surface area contributed by atoms with E-state index in [0.717, 1.165) is 48.2 Å². The molecule has 1 N–H and O–H groups in total. The van der Waals surface area contributed by atoms with E-state index < -0.39 is 11.9 Å². The van der Waals surface area contributed by atoms with Crippen molar-refractivity contribution in [3.63, 3.8) is 0 Å². The minimum absolute atomic E-state index is 0.413. The van der Waals surface area contributed by atoms with Crippen LogP contribution in [0.2, 0.25) is 0 Å². The van der Waals surface area contributed by atoms with Gasteiger partial charge in [0, 0.05) is 42.7 Å². The lowest BCUT2D eigenvalue weighted by Crippen LogP contribution is -2.26. The smallest absolute Gasteiger partial charge is 0.330 e. The van der Waals surface area contributed by atoms with E-state index in [1.807, 2.05) is 6.07 Å². The first-order chi connectivity index (χ1) is 13.5. The number of rotatable bonds is 11. The van der Waals surface area contributed by atoms with E-state index in [-0.39, 0.29) is 0 Å². The summed E-state index contributed by atoms with van der Waals surface area (Å²) in [6, 6.07) is 7.13. The van der Waals surface area contributed by atoms with Gasteiger partial charge in [-0.15, -0.1) is 0 Å². The van der Waals surface area contributed by atoms with Crippen molar-refractivity contribution in [3.8, 4) is 5.75 Å². The topological polar surface area (TPSA) is 67.9 Å². The highest BCUT2D eigenvalue weighted by Gasteiger charge is 2.05. The Labute approximate surface area is 176 Å². The number of ether oxygens (including phenoxy) is 2. The number of nitrogens with one attached hydrogen (secondary N) is 1. The number of nitrogens with zero attached hydrogens (tertiary/aromatic N) is 1. The number of methoxy groups -OCH3 is 1. The molecule has 0 saturated heterocycles. The van der Waals surface area contributed by atoms with Crippen LogP contribution in [0.3, 0.4) is 0 Å². The summed E-state index contributed by atoms with van der Waals surface area (Å²) in [6.07, 6.45) is 4.13. The van der Waals surface area contributed by atoms with E-state index >= 15 is 0 Å². The average Bonchev–Trinajstić information content (AvgIpc) is 2.70. The van der Waals surface area contributed by atoms with Crippen LogP contribution in [-0.4, -0.2) is 53.7 Å². The maximum Gasteiger partial charge on any atom is 0.330 e. The fourth-order valence-corrected chi connectivity index (χ4v) is 3.66. The van der Waals surface area contributed by atoms with Crippen molar-refractivity contribution >= 4 is 45.9 Å². The SMILES string of the molecule is CCN(CC)C(=S)SCCCCOc1cccc(NC(=O)/C=C/C(=O)OC)c1. The molecule has 8 heteroatoms. The molecule has 154 valence electrons. The Morgan fingerprint density at radius 3 is 2.64 bits per heavy atom. The van der Waals surface area contributed by atoms with Gasteiger partial charge in [-0.05, 0) is 38.8 Å². The lowest BCUT2D eigenvalue weighted by molar-refractivity contribution is -0.135. The van der Waals surface area contributed by atoms with E-state index in [2.05, 4.69) is 28.8 Å². The summed E-state index contributed by atoms with van der Waals surface area (Å²) >= 11 is 7.12. The van der Waals surface area contributed by atoms with Crippen LogP contribution in [0, 0.1) is 0 Å². The number of esters is 1. The van der Waals surface area contributed by atoms with Crippen LogP contribution in [-0.2, 0) is 14.3 Å². The molecular formula is C20H28N2O4S2. The number of anilines is 1. The van der Waals surface area contributed by atoms with Gasteiger partial charge in [0.25, 0.3) is 0 Å². The van der Waals surface area contributed by atoms with Crippen molar-refractivity contribution in [3.05, 3.63) is 36.4 Å². The van der Waals surface area contributed by atoms with Gasteiger partial charge in [-0.1, -0.05) is 30.0 Å². The molecule has 6 nitrogen and oxygen atoms in total. The van der Waals surface area contributed by atoms with Gasteiger partial charge in [-0.3, -0.25) is 4.79 Å². The molecule has 0 aliphatic rings. The largest absolute Gasteiger partial charge is 0.494 e. The van der Waals surface area contributed by atoms with Crippen LogP contribution in [0.1, 0.15) is 26.7 Å². The van der Waals surface area contributed by atoms with Crippen molar-refractivity contribution < 1.29 is 19.1 Å². The monoisotopic (exact) mass is 424 g/mol. The first kappa shape index (κ1) is 24.0. The number of thioether (sulfide) groups is 1. The molecule has 0 aromatic heterocycles. The highest BCUT2D eigenvalue weighted by Crippen LogP contribution is 2.18. The zero-order chi connectivity index (χ0) is 20.8. The van der Waals surface area contributed by atoms with Crippen molar-refractivity contribution in [2.24, 2.45) is 0 Å². The first-order valence-corrected chi connectivity index (χ1v) is 10.6. The molecule has 28 heavy (non-hydrogen) atoms. The van der Waals surface area contributed by atoms with Crippen LogP contribution >= 0.6 is 24.0 Å². The van der Waals surface area contributed by atoms with E-state index in [1.165, 1.54) is 7.11 Å². The third kappa shape index (κ3) is 9.75. The van der Waals surface area contributed by atoms with Crippen molar-refractivity contribution in [1.82, 2.24) is 4.90 Å². The molecule has 0 saturated carbocycles. The summed E-state index contributed by atoms with van der Waals surface area (Å²) in [7, 11) is 1.25. The number of thiocarbonyl (C=S) groups is 1. The Kier molecular flexibility index (Phi) is 12.0. The Morgan fingerprint density at radius 1 is 1.21 bits per heavy atom. The Morgan fingerprint density at radius 2 is 1.96 bits per heavy atom. The van der Waals surface area contributed by atoms with Gasteiger partial charge in [-0.25, -0.2) is 4.79 Å². The van der Waals surface area contributed by atoms with Gasteiger partial charge in [0.05, 0.1) is 13.7 Å². The van der Waals surface area contributed by atoms with Crippen LogP contribution in [0.15, 0.2) is 36.4 Å². The summed E-state index contributed by atoms with van der Waals surface area (Å²) in [4.78, 5) is 24.9. The number of hydrogen-bond donors (Lipinski definition) is 1. The van der Waals surface area contributed by atoms with E-state index in [1.54, 1.807) is 30.0 Å². The van der Waals surface area contributed by atoms with Crippen LogP contribution < -0.4 is 10.1 Å². The summed E-state index contributed by atoms with van der Waals surface area (Å²) in [5.74, 6) is 0.662. The van der Waals surface area contributed by atoms with E-state index in [0.29, 0.717) is 18.0 Å². The zero-order valence-corrected chi connectivity index (χ0v) is 18.2. The second kappa shape index (κ2) is 14.0. The molecule has 1 aromatic carbocycles. The van der Waals surface area contributed by atoms with Crippen LogP contribution in [0.5, 0.6) is 5.75 Å². The average molecular weight is 425 g/mol. The van der Waals surface area contributed by atoms with Gasteiger partial charge in [0.1, 0.15) is 10.1 Å². The number of carbonyl (C=O) groups excluding carboxylic acids is 2. The second-order valence-corrected chi connectivity index (χ2v) is 7.44. The normalized spacial score (nSPS) is 10.5. The van der Waals surface area contributed by atoms with Crippen molar-refractivity contribution in [2.75, 3.05) is 37.9 Å². The molecule has 0 unspecified atom stereocenters. The lowest BCUT2D eigenvalue weighted by Gasteiger charge is -2.20. The zero-order valence-electron chi connectivity index (χ0n) is 16.6. The minimum Gasteiger partial charge on any atom is -0.494 e. The van der Waals surface area contributed by atoms with Gasteiger partial charge >= 0.3 is 5.97 Å². The Hall–Kier alpha value is -2.06. The van der Waals surface area contributed by atoms with Gasteiger partial charge < -0.3 is 19.7 Å². The van der Waals surface area contributed by atoms with Gasteiger partial charge in [0.2, 0.25) is 5.91 Å². The summed E-state index contributed by atoms with van der Waals surface area (Å²) < 4.78 is 11.1. The number of amides is 1. The number of unbranched alkanes of at least 4 members (excludes halogenated alkanes) is 1. The molecule has 0 bridgehead atoms. The van der Waals surface area contributed by atoms with E-state index in [9.17, 15) is 9.59 Å². The van der Waals surface area contributed by atoms with Crippen molar-refractivity contribution in [1.29, 1.82) is 0 Å². The molecule has 1 aromatic rings. The molecule has 1 amide bonds. The predicted molar refractivity (Wildman–Crippen MR) is 119 cm³/mol.